The van der Waals surface area contributed by atoms with Crippen LogP contribution in [0.3, 0.4) is 0 Å². The number of nitrogens with one attached hydrogen (secondary N) is 1. The van der Waals surface area contributed by atoms with Gasteiger partial charge in [0.25, 0.3) is 5.91 Å². The molecule has 1 aliphatic heterocycles. The normalized spacial score (nSPS) is 19.7. The Labute approximate surface area is 181 Å². The lowest BCUT2D eigenvalue weighted by Crippen LogP contribution is -2.45. The van der Waals surface area contributed by atoms with Crippen LogP contribution in [0.15, 0.2) is 42.5 Å². The molecule has 1 amide bonds. The SMILES string of the molecule is CC1CN(Cc2ccccc2CNC(=O)COc2cc(Cl)ccc2Cl)CC(C)O1. The molecule has 1 aliphatic rings. The Kier molecular flexibility index (Phi) is 7.78. The van der Waals surface area contributed by atoms with Crippen molar-refractivity contribution in [1.82, 2.24) is 10.2 Å². The number of hydrogen-bond donors (Lipinski definition) is 1. The van der Waals surface area contributed by atoms with Crippen LogP contribution in [0, 0.1) is 0 Å². The van der Waals surface area contributed by atoms with E-state index in [2.05, 4.69) is 30.1 Å². The average Bonchev–Trinajstić information content (AvgIpc) is 2.67. The molecule has 0 spiro atoms. The molecule has 7 heteroatoms. The second-order valence-electron chi connectivity index (χ2n) is 7.36. The Hall–Kier alpha value is -1.79. The van der Waals surface area contributed by atoms with Crippen LogP contribution in [0.5, 0.6) is 5.75 Å². The van der Waals surface area contributed by atoms with E-state index < -0.39 is 0 Å². The fourth-order valence-corrected chi connectivity index (χ4v) is 3.85. The van der Waals surface area contributed by atoms with Crippen LogP contribution in [0.2, 0.25) is 10.0 Å². The van der Waals surface area contributed by atoms with E-state index in [1.807, 2.05) is 18.2 Å². The van der Waals surface area contributed by atoms with Crippen molar-refractivity contribution in [3.05, 3.63) is 63.6 Å². The number of rotatable bonds is 7. The molecule has 2 aromatic carbocycles. The molecule has 1 N–H and O–H groups in total. The summed E-state index contributed by atoms with van der Waals surface area (Å²) in [6.45, 7) is 7.15. The summed E-state index contributed by atoms with van der Waals surface area (Å²) in [5, 5.41) is 3.84. The van der Waals surface area contributed by atoms with Crippen molar-refractivity contribution in [2.45, 2.75) is 39.1 Å². The molecule has 0 radical (unpaired) electrons. The maximum atomic E-state index is 12.2. The Balaban J connectivity index is 1.54. The van der Waals surface area contributed by atoms with Gasteiger partial charge in [-0.25, -0.2) is 0 Å². The highest BCUT2D eigenvalue weighted by Gasteiger charge is 2.22. The van der Waals surface area contributed by atoms with Crippen LogP contribution in [0.1, 0.15) is 25.0 Å². The summed E-state index contributed by atoms with van der Waals surface area (Å²) in [6, 6.07) is 13.1. The van der Waals surface area contributed by atoms with E-state index in [0.29, 0.717) is 22.3 Å². The van der Waals surface area contributed by atoms with Gasteiger partial charge in [0.05, 0.1) is 17.2 Å². The smallest absolute Gasteiger partial charge is 0.258 e. The zero-order valence-corrected chi connectivity index (χ0v) is 18.2. The minimum Gasteiger partial charge on any atom is -0.482 e. The maximum Gasteiger partial charge on any atom is 0.258 e. The van der Waals surface area contributed by atoms with Crippen LogP contribution in [-0.4, -0.2) is 42.7 Å². The van der Waals surface area contributed by atoms with Crippen molar-refractivity contribution >= 4 is 29.1 Å². The van der Waals surface area contributed by atoms with Crippen LogP contribution >= 0.6 is 23.2 Å². The molecular formula is C22H26Cl2N2O3. The third-order valence-electron chi connectivity index (χ3n) is 4.74. The summed E-state index contributed by atoms with van der Waals surface area (Å²) in [5.41, 5.74) is 2.29. The highest BCUT2D eigenvalue weighted by molar-refractivity contribution is 6.34. The predicted molar refractivity (Wildman–Crippen MR) is 116 cm³/mol. The van der Waals surface area contributed by atoms with Gasteiger partial charge in [0.15, 0.2) is 6.61 Å². The van der Waals surface area contributed by atoms with Crippen molar-refractivity contribution in [1.29, 1.82) is 0 Å². The standard InChI is InChI=1S/C22H26Cl2N2O3/c1-15-11-26(12-16(2)29-15)13-18-6-4-3-5-17(18)10-25-22(27)14-28-21-9-19(23)7-8-20(21)24/h3-9,15-16H,10-14H2,1-2H3,(H,25,27). The first-order valence-electron chi connectivity index (χ1n) is 9.70. The summed E-state index contributed by atoms with van der Waals surface area (Å²) in [7, 11) is 0. The van der Waals surface area contributed by atoms with E-state index >= 15 is 0 Å². The monoisotopic (exact) mass is 436 g/mol. The maximum absolute atomic E-state index is 12.2. The van der Waals surface area contributed by atoms with Gasteiger partial charge in [0, 0.05) is 37.3 Å². The van der Waals surface area contributed by atoms with Gasteiger partial charge < -0.3 is 14.8 Å². The topological polar surface area (TPSA) is 50.8 Å². The molecule has 0 bridgehead atoms. The number of hydrogen-bond acceptors (Lipinski definition) is 4. The van der Waals surface area contributed by atoms with Gasteiger partial charge in [-0.15, -0.1) is 0 Å². The van der Waals surface area contributed by atoms with E-state index in [4.69, 9.17) is 32.7 Å². The molecule has 2 aromatic rings. The fourth-order valence-electron chi connectivity index (χ4n) is 3.51. The molecule has 29 heavy (non-hydrogen) atoms. The molecule has 0 aromatic heterocycles. The highest BCUT2D eigenvalue weighted by atomic mass is 35.5. The molecule has 1 saturated heterocycles. The number of nitrogens with zero attached hydrogens (tertiary/aromatic N) is 1. The Bertz CT molecular complexity index is 837. The Morgan fingerprint density at radius 2 is 1.83 bits per heavy atom. The van der Waals surface area contributed by atoms with Crippen molar-refractivity contribution in [2.24, 2.45) is 0 Å². The number of carbonyl (C=O) groups is 1. The van der Waals surface area contributed by atoms with Gasteiger partial charge in [-0.1, -0.05) is 47.5 Å². The van der Waals surface area contributed by atoms with E-state index in [0.717, 1.165) is 25.2 Å². The zero-order chi connectivity index (χ0) is 20.8. The van der Waals surface area contributed by atoms with Crippen molar-refractivity contribution < 1.29 is 14.3 Å². The van der Waals surface area contributed by atoms with Crippen molar-refractivity contribution in [3.63, 3.8) is 0 Å². The summed E-state index contributed by atoms with van der Waals surface area (Å²) >= 11 is 12.0. The summed E-state index contributed by atoms with van der Waals surface area (Å²) in [5.74, 6) is 0.176. The molecule has 5 nitrogen and oxygen atoms in total. The number of ether oxygens (including phenoxy) is 2. The first kappa shape index (κ1) is 21.9. The van der Waals surface area contributed by atoms with Crippen LogP contribution in [0.25, 0.3) is 0 Å². The van der Waals surface area contributed by atoms with Crippen LogP contribution < -0.4 is 10.1 Å². The first-order chi connectivity index (χ1) is 13.9. The molecule has 2 unspecified atom stereocenters. The predicted octanol–water partition coefficient (Wildman–Crippen LogP) is 4.30. The molecule has 3 rings (SSSR count). The fraction of sp³-hybridized carbons (Fsp3) is 0.409. The Morgan fingerprint density at radius 1 is 1.14 bits per heavy atom. The number of halogens is 2. The number of morpholine rings is 1. The molecular weight excluding hydrogens is 411 g/mol. The molecule has 1 heterocycles. The molecule has 0 saturated carbocycles. The van der Waals surface area contributed by atoms with Gasteiger partial charge in [-0.2, -0.15) is 0 Å². The van der Waals surface area contributed by atoms with E-state index in [1.165, 1.54) is 5.56 Å². The minimum absolute atomic E-state index is 0.124. The summed E-state index contributed by atoms with van der Waals surface area (Å²) in [6.07, 6.45) is 0.446. The number of carbonyl (C=O) groups excluding carboxylic acids is 1. The van der Waals surface area contributed by atoms with E-state index in [-0.39, 0.29) is 24.7 Å². The quantitative estimate of drug-likeness (QED) is 0.702. The third kappa shape index (κ3) is 6.61. The van der Waals surface area contributed by atoms with Crippen molar-refractivity contribution in [2.75, 3.05) is 19.7 Å². The lowest BCUT2D eigenvalue weighted by molar-refractivity contribution is -0.123. The van der Waals surface area contributed by atoms with Crippen molar-refractivity contribution in [3.8, 4) is 5.75 Å². The lowest BCUT2D eigenvalue weighted by Gasteiger charge is -2.35. The van der Waals surface area contributed by atoms with E-state index in [9.17, 15) is 4.79 Å². The third-order valence-corrected chi connectivity index (χ3v) is 5.28. The van der Waals surface area contributed by atoms with E-state index in [1.54, 1.807) is 18.2 Å². The largest absolute Gasteiger partial charge is 0.482 e. The molecule has 156 valence electrons. The summed E-state index contributed by atoms with van der Waals surface area (Å²) in [4.78, 5) is 14.6. The lowest BCUT2D eigenvalue weighted by atomic mass is 10.1. The van der Waals surface area contributed by atoms with Gasteiger partial charge >= 0.3 is 0 Å². The Morgan fingerprint density at radius 3 is 2.55 bits per heavy atom. The van der Waals surface area contributed by atoms with Gasteiger partial charge in [-0.05, 0) is 37.1 Å². The molecule has 0 aliphatic carbocycles. The minimum atomic E-state index is -0.218. The zero-order valence-electron chi connectivity index (χ0n) is 16.7. The second-order valence-corrected chi connectivity index (χ2v) is 8.20. The number of benzene rings is 2. The summed E-state index contributed by atoms with van der Waals surface area (Å²) < 4.78 is 11.3. The first-order valence-corrected chi connectivity index (χ1v) is 10.5. The second kappa shape index (κ2) is 10.3. The van der Waals surface area contributed by atoms with Gasteiger partial charge in [0.1, 0.15) is 5.75 Å². The van der Waals surface area contributed by atoms with Crippen LogP contribution in [0.4, 0.5) is 0 Å². The molecule has 1 fully saturated rings. The van der Waals surface area contributed by atoms with Gasteiger partial charge in [0.2, 0.25) is 0 Å². The molecule has 2 atom stereocenters. The van der Waals surface area contributed by atoms with Gasteiger partial charge in [-0.3, -0.25) is 9.69 Å². The highest BCUT2D eigenvalue weighted by Crippen LogP contribution is 2.27. The van der Waals surface area contributed by atoms with Crippen LogP contribution in [-0.2, 0) is 22.6 Å². The number of amides is 1. The average molecular weight is 437 g/mol.